The van der Waals surface area contributed by atoms with Gasteiger partial charge in [0.05, 0.1) is 25.4 Å². The number of carbonyl (C=O) groups is 2. The number of hydrogen-bond donors (Lipinski definition) is 3. The number of amides is 1. The van der Waals surface area contributed by atoms with Crippen LogP contribution in [0.1, 0.15) is 399 Å². The number of esters is 1. The van der Waals surface area contributed by atoms with E-state index in [4.69, 9.17) is 4.74 Å². The molecule has 0 aromatic rings. The predicted octanol–water partition coefficient (Wildman–Crippen LogP) is 22.9. The lowest BCUT2D eigenvalue weighted by Gasteiger charge is -2.20. The Morgan fingerprint density at radius 2 is 0.603 bits per heavy atom. The lowest BCUT2D eigenvalue weighted by atomic mass is 10.0. The van der Waals surface area contributed by atoms with Crippen LogP contribution in [0.25, 0.3) is 0 Å². The second kappa shape index (κ2) is 67.8. The van der Waals surface area contributed by atoms with E-state index in [1.54, 1.807) is 6.08 Å². The van der Waals surface area contributed by atoms with E-state index in [1.807, 2.05) is 6.08 Å². The number of allylic oxidation sites excluding steroid dienone is 3. The van der Waals surface area contributed by atoms with Crippen molar-refractivity contribution >= 4 is 11.9 Å². The van der Waals surface area contributed by atoms with Gasteiger partial charge >= 0.3 is 5.97 Å². The van der Waals surface area contributed by atoms with E-state index in [2.05, 4.69) is 31.3 Å². The van der Waals surface area contributed by atoms with E-state index in [0.717, 1.165) is 38.5 Å². The lowest BCUT2D eigenvalue weighted by molar-refractivity contribution is -0.143. The molecule has 0 saturated heterocycles. The summed E-state index contributed by atoms with van der Waals surface area (Å²) in [5.74, 6) is -0.0461. The highest BCUT2D eigenvalue weighted by molar-refractivity contribution is 5.76. The Morgan fingerprint density at radius 1 is 0.346 bits per heavy atom. The molecule has 0 heterocycles. The zero-order valence-electron chi connectivity index (χ0n) is 52.9. The highest BCUT2D eigenvalue weighted by atomic mass is 16.5. The van der Waals surface area contributed by atoms with Crippen LogP contribution in [0.4, 0.5) is 0 Å². The van der Waals surface area contributed by atoms with Crippen LogP contribution in [-0.2, 0) is 14.3 Å². The SMILES string of the molecule is CCCCCCCCCCCCCCCC/C=C/C(O)C(CO)NC(=O)CCCCCCCCCCCCC/C=C\CCCCCCCCCCCCCCOC(=O)CCCCCCCCCCCCCCCCCCCC. The van der Waals surface area contributed by atoms with Crippen LogP contribution in [-0.4, -0.2) is 47.4 Å². The van der Waals surface area contributed by atoms with Crippen molar-refractivity contribution in [1.82, 2.24) is 5.32 Å². The molecule has 462 valence electrons. The molecule has 0 aliphatic heterocycles. The van der Waals surface area contributed by atoms with Gasteiger partial charge < -0.3 is 20.3 Å². The van der Waals surface area contributed by atoms with E-state index in [0.29, 0.717) is 19.4 Å². The quantitative estimate of drug-likeness (QED) is 0.0320. The molecule has 0 fully saturated rings. The van der Waals surface area contributed by atoms with E-state index < -0.39 is 12.1 Å². The fourth-order valence-corrected chi connectivity index (χ4v) is 11.3. The van der Waals surface area contributed by atoms with Gasteiger partial charge in [-0.3, -0.25) is 9.59 Å². The molecule has 0 saturated carbocycles. The van der Waals surface area contributed by atoms with Crippen LogP contribution >= 0.6 is 0 Å². The standard InChI is InChI=1S/C72H139NO5/c1-3-5-7-9-11-13-15-17-19-21-34-38-42-46-50-54-58-62-66-72(77)78-67-63-59-55-51-47-43-39-35-32-30-28-26-24-22-23-25-27-29-31-33-37-41-45-49-53-57-61-65-71(76)73-69(68-74)70(75)64-60-56-52-48-44-40-36-20-18-16-14-12-10-8-6-4-2/h22-23,60,64,69-70,74-75H,3-21,24-59,61-63,65-68H2,1-2H3,(H,73,76)/b23-22-,64-60+. The minimum atomic E-state index is -0.845. The maximum Gasteiger partial charge on any atom is 0.305 e. The third kappa shape index (κ3) is 63.5. The fraction of sp³-hybridized carbons (Fsp3) is 0.917. The molecule has 0 aliphatic rings. The number of hydrogen-bond acceptors (Lipinski definition) is 5. The molecular formula is C72H139NO5. The van der Waals surface area contributed by atoms with Crippen LogP contribution in [0.15, 0.2) is 24.3 Å². The summed E-state index contributed by atoms with van der Waals surface area (Å²) < 4.78 is 5.51. The van der Waals surface area contributed by atoms with Crippen LogP contribution < -0.4 is 5.32 Å². The second-order valence-electron chi connectivity index (χ2n) is 24.6. The summed E-state index contributed by atoms with van der Waals surface area (Å²) >= 11 is 0. The van der Waals surface area contributed by atoms with Gasteiger partial charge in [-0.2, -0.15) is 0 Å². The zero-order valence-corrected chi connectivity index (χ0v) is 52.9. The van der Waals surface area contributed by atoms with Gasteiger partial charge in [0.25, 0.3) is 0 Å². The molecule has 1 amide bonds. The van der Waals surface area contributed by atoms with Gasteiger partial charge in [-0.05, 0) is 57.8 Å². The normalized spacial score (nSPS) is 12.6. The molecule has 0 bridgehead atoms. The summed E-state index contributed by atoms with van der Waals surface area (Å²) in [7, 11) is 0. The molecule has 0 aromatic heterocycles. The molecule has 0 spiro atoms. The van der Waals surface area contributed by atoms with Gasteiger partial charge in [-0.1, -0.05) is 353 Å². The number of nitrogens with one attached hydrogen (secondary N) is 1. The molecule has 0 aliphatic carbocycles. The maximum absolute atomic E-state index is 12.5. The molecule has 6 nitrogen and oxygen atoms in total. The van der Waals surface area contributed by atoms with Crippen molar-refractivity contribution in [3.8, 4) is 0 Å². The van der Waals surface area contributed by atoms with Crippen molar-refractivity contribution in [2.24, 2.45) is 0 Å². The largest absolute Gasteiger partial charge is 0.466 e. The second-order valence-corrected chi connectivity index (χ2v) is 24.6. The van der Waals surface area contributed by atoms with Crippen molar-refractivity contribution in [1.29, 1.82) is 0 Å². The first-order chi connectivity index (χ1) is 38.5. The number of rotatable bonds is 67. The number of ether oxygens (including phenoxy) is 1. The molecule has 6 heteroatoms. The van der Waals surface area contributed by atoms with Gasteiger partial charge in [-0.25, -0.2) is 0 Å². The number of aliphatic hydroxyl groups is 2. The third-order valence-electron chi connectivity index (χ3n) is 16.7. The number of carbonyl (C=O) groups excluding carboxylic acids is 2. The predicted molar refractivity (Wildman–Crippen MR) is 343 cm³/mol. The van der Waals surface area contributed by atoms with E-state index >= 15 is 0 Å². The van der Waals surface area contributed by atoms with Crippen molar-refractivity contribution in [3.05, 3.63) is 24.3 Å². The van der Waals surface area contributed by atoms with Crippen molar-refractivity contribution in [2.75, 3.05) is 13.2 Å². The van der Waals surface area contributed by atoms with Crippen LogP contribution in [0.5, 0.6) is 0 Å². The zero-order chi connectivity index (χ0) is 56.4. The van der Waals surface area contributed by atoms with Crippen LogP contribution in [0.3, 0.4) is 0 Å². The van der Waals surface area contributed by atoms with Crippen molar-refractivity contribution < 1.29 is 24.5 Å². The van der Waals surface area contributed by atoms with E-state index in [9.17, 15) is 19.8 Å². The van der Waals surface area contributed by atoms with Crippen molar-refractivity contribution in [2.45, 2.75) is 411 Å². The summed E-state index contributed by atoms with van der Waals surface area (Å²) in [4.78, 5) is 24.6. The Kier molecular flexibility index (Phi) is 66.4. The molecule has 2 unspecified atom stereocenters. The molecule has 0 aromatic carbocycles. The monoisotopic (exact) mass is 1100 g/mol. The molecule has 0 rings (SSSR count). The topological polar surface area (TPSA) is 95.9 Å². The Hall–Kier alpha value is -1.66. The van der Waals surface area contributed by atoms with Gasteiger partial charge in [0.1, 0.15) is 0 Å². The highest BCUT2D eigenvalue weighted by Crippen LogP contribution is 2.19. The summed E-state index contributed by atoms with van der Waals surface area (Å²) in [5.41, 5.74) is 0. The van der Waals surface area contributed by atoms with Gasteiger partial charge in [0, 0.05) is 12.8 Å². The van der Waals surface area contributed by atoms with Gasteiger partial charge in [-0.15, -0.1) is 0 Å². The minimum absolute atomic E-state index is 0.0199. The fourth-order valence-electron chi connectivity index (χ4n) is 11.3. The highest BCUT2D eigenvalue weighted by Gasteiger charge is 2.18. The summed E-state index contributed by atoms with van der Waals surface area (Å²) in [5, 5.41) is 23.2. The average Bonchev–Trinajstić information content (AvgIpc) is 3.44. The summed E-state index contributed by atoms with van der Waals surface area (Å²) in [6, 6.07) is -0.628. The van der Waals surface area contributed by atoms with Crippen molar-refractivity contribution in [3.63, 3.8) is 0 Å². The van der Waals surface area contributed by atoms with Crippen LogP contribution in [0.2, 0.25) is 0 Å². The Morgan fingerprint density at radius 3 is 0.910 bits per heavy atom. The number of unbranched alkanes of at least 4 members (excludes halogenated alkanes) is 54. The summed E-state index contributed by atoms with van der Waals surface area (Å²) in [6.45, 7) is 4.94. The smallest absolute Gasteiger partial charge is 0.305 e. The molecular weight excluding hydrogens is 959 g/mol. The molecule has 2 atom stereocenters. The Bertz CT molecular complexity index is 1220. The lowest BCUT2D eigenvalue weighted by Crippen LogP contribution is -2.45. The first-order valence-electron chi connectivity index (χ1n) is 35.6. The van der Waals surface area contributed by atoms with Gasteiger partial charge in [0.2, 0.25) is 5.91 Å². The molecule has 0 radical (unpaired) electrons. The van der Waals surface area contributed by atoms with Gasteiger partial charge in [0.15, 0.2) is 0 Å². The number of aliphatic hydroxyl groups excluding tert-OH is 2. The Labute approximate surface area is 488 Å². The maximum atomic E-state index is 12.5. The Balaban J connectivity index is 3.38. The van der Waals surface area contributed by atoms with E-state index in [-0.39, 0.29) is 18.5 Å². The minimum Gasteiger partial charge on any atom is -0.466 e. The van der Waals surface area contributed by atoms with E-state index in [1.165, 1.54) is 334 Å². The molecule has 3 N–H and O–H groups in total. The first-order valence-corrected chi connectivity index (χ1v) is 35.6. The third-order valence-corrected chi connectivity index (χ3v) is 16.7. The van der Waals surface area contributed by atoms with Crippen LogP contribution in [0, 0.1) is 0 Å². The first kappa shape index (κ1) is 76.3. The summed E-state index contributed by atoms with van der Waals surface area (Å²) in [6.07, 6.45) is 85.4. The average molecular weight is 1100 g/mol. The molecule has 78 heavy (non-hydrogen) atoms.